The molecule has 0 aromatic heterocycles. The molecule has 2 aromatic carbocycles. The number of carbonyl (C=O) groups is 1. The summed E-state index contributed by atoms with van der Waals surface area (Å²) in [4.78, 5) is 12.6. The maximum absolute atomic E-state index is 15.1. The van der Waals surface area contributed by atoms with Crippen LogP contribution in [0.1, 0.15) is 80.1 Å². The highest BCUT2D eigenvalue weighted by Gasteiger charge is 2.37. The molecule has 0 saturated heterocycles. The summed E-state index contributed by atoms with van der Waals surface area (Å²) in [6.45, 7) is 5.85. The van der Waals surface area contributed by atoms with E-state index in [0.29, 0.717) is 11.8 Å². The fourth-order valence-electron chi connectivity index (χ4n) is 6.02. The van der Waals surface area contributed by atoms with Crippen LogP contribution in [0.3, 0.4) is 0 Å². The van der Waals surface area contributed by atoms with E-state index in [0.717, 1.165) is 56.2 Å². The normalized spacial score (nSPS) is 23.5. The minimum absolute atomic E-state index is 0.0133. The molecule has 2 aliphatic rings. The zero-order chi connectivity index (χ0) is 26.4. The highest BCUT2D eigenvalue weighted by Crippen LogP contribution is 2.49. The van der Waals surface area contributed by atoms with Crippen LogP contribution in [-0.4, -0.2) is 12.6 Å². The number of allylic oxidation sites excluding steroid dienone is 2. The van der Waals surface area contributed by atoms with E-state index in [-0.39, 0.29) is 35.2 Å². The SMILES string of the molecule is C=CCCC1CCC2CC(c3c(F)cc(C(=O)Oc4ccc(OC/C=C/C)c(F)c4)cc3F)CCC2C1. The van der Waals surface area contributed by atoms with Crippen molar-refractivity contribution in [2.75, 3.05) is 6.61 Å². The molecule has 0 aliphatic heterocycles. The topological polar surface area (TPSA) is 35.5 Å². The molecular weight excluding hydrogens is 477 g/mol. The van der Waals surface area contributed by atoms with E-state index in [1.165, 1.54) is 31.4 Å². The van der Waals surface area contributed by atoms with Crippen LogP contribution in [0.5, 0.6) is 11.5 Å². The van der Waals surface area contributed by atoms with Gasteiger partial charge in [-0.15, -0.1) is 6.58 Å². The predicted octanol–water partition coefficient (Wildman–Crippen LogP) is 8.54. The summed E-state index contributed by atoms with van der Waals surface area (Å²) in [6, 6.07) is 5.79. The monoisotopic (exact) mass is 512 g/mol. The molecular formula is C31H35F3O3. The molecule has 37 heavy (non-hydrogen) atoms. The lowest BCUT2D eigenvalue weighted by molar-refractivity contribution is 0.0732. The highest BCUT2D eigenvalue weighted by molar-refractivity contribution is 5.91. The second kappa shape index (κ2) is 12.5. The Bertz CT molecular complexity index is 1120. The number of esters is 1. The zero-order valence-corrected chi connectivity index (χ0v) is 21.4. The Balaban J connectivity index is 1.40. The fraction of sp³-hybridized carbons (Fsp3) is 0.452. The Morgan fingerprint density at radius 2 is 1.73 bits per heavy atom. The first kappa shape index (κ1) is 27.0. The first-order chi connectivity index (χ1) is 17.9. The van der Waals surface area contributed by atoms with Gasteiger partial charge in [-0.25, -0.2) is 18.0 Å². The third-order valence-corrected chi connectivity index (χ3v) is 7.91. The number of rotatable bonds is 9. The van der Waals surface area contributed by atoms with Crippen LogP contribution in [0.2, 0.25) is 0 Å². The summed E-state index contributed by atoms with van der Waals surface area (Å²) >= 11 is 0. The van der Waals surface area contributed by atoms with Crippen molar-refractivity contribution in [1.82, 2.24) is 0 Å². The summed E-state index contributed by atoms with van der Waals surface area (Å²) in [5.74, 6) is -1.52. The average Bonchev–Trinajstić information content (AvgIpc) is 2.88. The Morgan fingerprint density at radius 3 is 2.43 bits per heavy atom. The molecule has 0 radical (unpaired) electrons. The minimum Gasteiger partial charge on any atom is -0.486 e. The van der Waals surface area contributed by atoms with Gasteiger partial charge in [-0.05, 0) is 99.8 Å². The Labute approximate surface area is 217 Å². The molecule has 6 heteroatoms. The van der Waals surface area contributed by atoms with Crippen LogP contribution in [-0.2, 0) is 0 Å². The van der Waals surface area contributed by atoms with Gasteiger partial charge in [0.1, 0.15) is 24.0 Å². The Kier molecular flexibility index (Phi) is 9.12. The first-order valence-electron chi connectivity index (χ1n) is 13.2. The largest absolute Gasteiger partial charge is 0.486 e. The first-order valence-corrected chi connectivity index (χ1v) is 13.2. The van der Waals surface area contributed by atoms with E-state index in [4.69, 9.17) is 9.47 Å². The summed E-state index contributed by atoms with van der Waals surface area (Å²) in [6.07, 6.45) is 13.7. The molecule has 4 rings (SSSR count). The number of fused-ring (bicyclic) bond motifs is 1. The molecule has 0 amide bonds. The number of halogens is 3. The van der Waals surface area contributed by atoms with Gasteiger partial charge in [0.15, 0.2) is 11.6 Å². The van der Waals surface area contributed by atoms with Crippen molar-refractivity contribution in [3.63, 3.8) is 0 Å². The van der Waals surface area contributed by atoms with Crippen molar-refractivity contribution < 1.29 is 27.4 Å². The van der Waals surface area contributed by atoms with Gasteiger partial charge in [-0.1, -0.05) is 24.6 Å². The molecule has 0 N–H and O–H groups in total. The van der Waals surface area contributed by atoms with Gasteiger partial charge in [0.25, 0.3) is 0 Å². The van der Waals surface area contributed by atoms with Crippen molar-refractivity contribution in [2.45, 2.75) is 64.2 Å². The van der Waals surface area contributed by atoms with E-state index in [1.54, 1.807) is 12.2 Å². The minimum atomic E-state index is -0.951. The summed E-state index contributed by atoms with van der Waals surface area (Å²) in [7, 11) is 0. The molecule has 2 fully saturated rings. The average molecular weight is 513 g/mol. The van der Waals surface area contributed by atoms with Crippen LogP contribution in [0.25, 0.3) is 0 Å². The maximum Gasteiger partial charge on any atom is 0.343 e. The molecule has 3 nitrogen and oxygen atoms in total. The number of hydrogen-bond acceptors (Lipinski definition) is 3. The standard InChI is InChI=1S/C31H35F3O3/c1-3-5-7-20-8-9-22-16-23(11-10-21(22)15-20)30-27(33)17-24(18-28(30)34)31(35)37-25-12-13-29(26(32)19-25)36-14-6-4-2/h3-4,6,12-13,17-23H,1,5,7-11,14-16H2,2H3/b6-4+. The third kappa shape index (κ3) is 6.65. The van der Waals surface area contributed by atoms with Gasteiger partial charge in [-0.3, -0.25) is 0 Å². The molecule has 0 spiro atoms. The van der Waals surface area contributed by atoms with Gasteiger partial charge < -0.3 is 9.47 Å². The molecule has 0 bridgehead atoms. The molecule has 198 valence electrons. The van der Waals surface area contributed by atoms with Gasteiger partial charge in [0.05, 0.1) is 5.56 Å². The molecule has 2 aromatic rings. The van der Waals surface area contributed by atoms with Crippen molar-refractivity contribution in [3.05, 3.63) is 83.7 Å². The molecule has 4 unspecified atom stereocenters. The van der Waals surface area contributed by atoms with Gasteiger partial charge in [0.2, 0.25) is 0 Å². The fourth-order valence-corrected chi connectivity index (χ4v) is 6.02. The van der Waals surface area contributed by atoms with Crippen molar-refractivity contribution >= 4 is 5.97 Å². The molecule has 0 heterocycles. The third-order valence-electron chi connectivity index (χ3n) is 7.91. The van der Waals surface area contributed by atoms with E-state index in [1.807, 2.05) is 13.0 Å². The molecule has 2 aliphatic carbocycles. The van der Waals surface area contributed by atoms with Crippen molar-refractivity contribution in [3.8, 4) is 11.5 Å². The number of benzene rings is 2. The second-order valence-corrected chi connectivity index (χ2v) is 10.3. The molecule has 4 atom stereocenters. The van der Waals surface area contributed by atoms with Crippen molar-refractivity contribution in [2.24, 2.45) is 17.8 Å². The highest BCUT2D eigenvalue weighted by atomic mass is 19.1. The lowest BCUT2D eigenvalue weighted by Crippen LogP contribution is -2.31. The van der Waals surface area contributed by atoms with Crippen LogP contribution >= 0.6 is 0 Å². The van der Waals surface area contributed by atoms with E-state index in [9.17, 15) is 9.18 Å². The van der Waals surface area contributed by atoms with Gasteiger partial charge in [-0.2, -0.15) is 0 Å². The van der Waals surface area contributed by atoms with Gasteiger partial charge >= 0.3 is 5.97 Å². The summed E-state index contributed by atoms with van der Waals surface area (Å²) in [5, 5.41) is 0. The Hall–Kier alpha value is -3.02. The summed E-state index contributed by atoms with van der Waals surface area (Å²) < 4.78 is 55.0. The summed E-state index contributed by atoms with van der Waals surface area (Å²) in [5.41, 5.74) is -0.179. The lowest BCUT2D eigenvalue weighted by Gasteiger charge is -2.42. The predicted molar refractivity (Wildman–Crippen MR) is 138 cm³/mol. The van der Waals surface area contributed by atoms with Crippen molar-refractivity contribution in [1.29, 1.82) is 0 Å². The number of carbonyl (C=O) groups excluding carboxylic acids is 1. The molecule has 2 saturated carbocycles. The Morgan fingerprint density at radius 1 is 1.00 bits per heavy atom. The van der Waals surface area contributed by atoms with E-state index in [2.05, 4.69) is 6.58 Å². The van der Waals surface area contributed by atoms with Crippen LogP contribution in [0.4, 0.5) is 13.2 Å². The quantitative estimate of drug-likeness (QED) is 0.192. The van der Waals surface area contributed by atoms with Crippen LogP contribution in [0.15, 0.2) is 55.1 Å². The van der Waals surface area contributed by atoms with Gasteiger partial charge in [0, 0.05) is 11.6 Å². The van der Waals surface area contributed by atoms with Crippen LogP contribution in [0, 0.1) is 35.2 Å². The maximum atomic E-state index is 15.1. The number of ether oxygens (including phenoxy) is 2. The zero-order valence-electron chi connectivity index (χ0n) is 21.4. The lowest BCUT2D eigenvalue weighted by atomic mass is 9.63. The smallest absolute Gasteiger partial charge is 0.343 e. The number of hydrogen-bond donors (Lipinski definition) is 0. The second-order valence-electron chi connectivity index (χ2n) is 10.3. The van der Waals surface area contributed by atoms with E-state index >= 15 is 8.78 Å². The van der Waals surface area contributed by atoms with Crippen LogP contribution < -0.4 is 9.47 Å². The van der Waals surface area contributed by atoms with E-state index < -0.39 is 23.4 Å².